The highest BCUT2D eigenvalue weighted by atomic mass is 35.5. The first-order valence-electron chi connectivity index (χ1n) is 12.3. The molecule has 0 radical (unpaired) electrons. The summed E-state index contributed by atoms with van der Waals surface area (Å²) in [5.74, 6) is -1.66. The van der Waals surface area contributed by atoms with Crippen LogP contribution in [-0.4, -0.2) is 86.6 Å². The lowest BCUT2D eigenvalue weighted by atomic mass is 10.1. The number of thioether (sulfide) groups is 1. The van der Waals surface area contributed by atoms with Crippen molar-refractivity contribution in [3.63, 3.8) is 0 Å². The Labute approximate surface area is 234 Å². The van der Waals surface area contributed by atoms with E-state index in [9.17, 15) is 24.3 Å². The summed E-state index contributed by atoms with van der Waals surface area (Å²) in [6, 6.07) is 1.27. The van der Waals surface area contributed by atoms with Crippen LogP contribution in [-0.2, 0) is 27.5 Å². The molecular weight excluding hydrogens is 550 g/mol. The maximum atomic E-state index is 13.2. The fourth-order valence-corrected chi connectivity index (χ4v) is 4.32. The van der Waals surface area contributed by atoms with Gasteiger partial charge in [0.1, 0.15) is 36.2 Å². The number of hydrogen-bond acceptors (Lipinski definition) is 9. The second-order valence-corrected chi connectivity index (χ2v) is 10.4. The number of rotatable bonds is 4. The normalized spacial score (nSPS) is 22.3. The number of nitrogens with one attached hydrogen (secondary N) is 4. The molecule has 212 valence electrons. The number of ether oxygens (including phenoxy) is 1. The van der Waals surface area contributed by atoms with Crippen LogP contribution in [0.25, 0.3) is 0 Å². The number of aliphatic hydroxyl groups excluding tert-OH is 1. The molecular formula is C24H32ClN7O6S. The lowest BCUT2D eigenvalue weighted by molar-refractivity contribution is -0.134. The molecule has 0 spiro atoms. The van der Waals surface area contributed by atoms with Crippen LogP contribution in [0.3, 0.4) is 0 Å². The van der Waals surface area contributed by atoms with Gasteiger partial charge in [-0.1, -0.05) is 16.8 Å². The molecule has 0 unspecified atom stereocenters. The largest absolute Gasteiger partial charge is 0.491 e. The van der Waals surface area contributed by atoms with Crippen molar-refractivity contribution in [2.24, 2.45) is 0 Å². The number of fused-ring (bicyclic) bond motifs is 3. The van der Waals surface area contributed by atoms with Gasteiger partial charge < -0.3 is 31.1 Å². The Morgan fingerprint density at radius 2 is 1.95 bits per heavy atom. The highest BCUT2D eigenvalue weighted by molar-refractivity contribution is 7.98. The summed E-state index contributed by atoms with van der Waals surface area (Å²) in [4.78, 5) is 51.9. The second kappa shape index (κ2) is 14.1. The SMILES string of the molecule is CSCC[C@@H]1NC(=O)c2cc(Cl)ccc2OCCn2cc(nn2)CNC(=O)[C@H]([C@@H](C)O)NC(=O)[C@H](C)NC1=O. The highest BCUT2D eigenvalue weighted by Gasteiger charge is 2.30. The third-order valence-corrected chi connectivity index (χ3v) is 6.72. The van der Waals surface area contributed by atoms with Gasteiger partial charge in [0, 0.05) is 5.02 Å². The maximum Gasteiger partial charge on any atom is 0.255 e. The molecule has 1 aromatic heterocycles. The molecule has 1 aliphatic heterocycles. The van der Waals surface area contributed by atoms with E-state index in [0.717, 1.165) is 0 Å². The third-order valence-electron chi connectivity index (χ3n) is 5.84. The van der Waals surface area contributed by atoms with Gasteiger partial charge in [0.25, 0.3) is 5.91 Å². The van der Waals surface area contributed by atoms with E-state index >= 15 is 0 Å². The van der Waals surface area contributed by atoms with Crippen LogP contribution in [0.15, 0.2) is 24.4 Å². The Morgan fingerprint density at radius 3 is 2.67 bits per heavy atom. The van der Waals surface area contributed by atoms with Crippen LogP contribution in [0.4, 0.5) is 0 Å². The van der Waals surface area contributed by atoms with Crippen LogP contribution < -0.4 is 26.0 Å². The Morgan fingerprint density at radius 1 is 1.18 bits per heavy atom. The number of benzene rings is 1. The van der Waals surface area contributed by atoms with E-state index in [-0.39, 0.29) is 37.4 Å². The summed E-state index contributed by atoms with van der Waals surface area (Å²) in [5.41, 5.74) is 0.586. The van der Waals surface area contributed by atoms with Crippen LogP contribution in [0.1, 0.15) is 36.3 Å². The number of hydrogen-bond donors (Lipinski definition) is 5. The number of carbonyl (C=O) groups excluding carboxylic acids is 4. The Balaban J connectivity index is 1.90. The van der Waals surface area contributed by atoms with E-state index in [0.29, 0.717) is 16.5 Å². The minimum Gasteiger partial charge on any atom is -0.491 e. The molecule has 13 nitrogen and oxygen atoms in total. The smallest absolute Gasteiger partial charge is 0.255 e. The van der Waals surface area contributed by atoms with Gasteiger partial charge in [-0.3, -0.25) is 19.2 Å². The molecule has 2 heterocycles. The zero-order valence-corrected chi connectivity index (χ0v) is 23.3. The number of aromatic nitrogens is 3. The number of nitrogens with zero attached hydrogens (tertiary/aromatic N) is 3. The third kappa shape index (κ3) is 8.57. The summed E-state index contributed by atoms with van der Waals surface area (Å²) in [6.07, 6.45) is 2.55. The maximum absolute atomic E-state index is 13.2. The summed E-state index contributed by atoms with van der Waals surface area (Å²) in [6.45, 7) is 3.23. The van der Waals surface area contributed by atoms with Crippen molar-refractivity contribution < 1.29 is 29.0 Å². The molecule has 2 aromatic rings. The molecule has 5 N–H and O–H groups in total. The van der Waals surface area contributed by atoms with Crippen molar-refractivity contribution in [1.29, 1.82) is 0 Å². The zero-order valence-electron chi connectivity index (χ0n) is 21.8. The fraction of sp³-hybridized carbons (Fsp3) is 0.500. The van der Waals surface area contributed by atoms with Gasteiger partial charge in [-0.2, -0.15) is 11.8 Å². The van der Waals surface area contributed by atoms with Gasteiger partial charge in [-0.15, -0.1) is 5.10 Å². The molecule has 0 saturated carbocycles. The average molecular weight is 582 g/mol. The molecule has 0 aliphatic carbocycles. The second-order valence-electron chi connectivity index (χ2n) is 8.94. The molecule has 39 heavy (non-hydrogen) atoms. The minimum absolute atomic E-state index is 0.00367. The fourth-order valence-electron chi connectivity index (χ4n) is 3.67. The summed E-state index contributed by atoms with van der Waals surface area (Å²) in [5, 5.41) is 28.8. The van der Waals surface area contributed by atoms with Gasteiger partial charge in [-0.25, -0.2) is 4.68 Å². The molecule has 0 fully saturated rings. The quantitative estimate of drug-likeness (QED) is 0.329. The molecule has 2 bridgehead atoms. The van der Waals surface area contributed by atoms with E-state index in [1.54, 1.807) is 18.3 Å². The standard InChI is InChI=1S/C24H32ClN7O6S/c1-13-21(34)29-20(14(2)33)24(37)26-11-16-12-32(31-30-16)7-8-38-19-5-4-15(25)10-17(19)22(35)28-18(6-9-39-3)23(36)27-13/h4-5,10,12-14,18,20,33H,6-9,11H2,1-3H3,(H,26,37)(H,27,36)(H,28,35)(H,29,34)/t13-,14+,18-,20-/m0/s1. The average Bonchev–Trinajstić information content (AvgIpc) is 3.35. The summed E-state index contributed by atoms with van der Waals surface area (Å²) in [7, 11) is 0. The molecule has 4 atom stereocenters. The van der Waals surface area contributed by atoms with Gasteiger partial charge in [0.2, 0.25) is 17.7 Å². The Kier molecular flexibility index (Phi) is 10.9. The van der Waals surface area contributed by atoms with E-state index in [4.69, 9.17) is 16.3 Å². The van der Waals surface area contributed by atoms with E-state index in [2.05, 4.69) is 31.6 Å². The monoisotopic (exact) mass is 581 g/mol. The van der Waals surface area contributed by atoms with Crippen LogP contribution in [0.2, 0.25) is 5.02 Å². The van der Waals surface area contributed by atoms with Crippen molar-refractivity contribution >= 4 is 47.0 Å². The van der Waals surface area contributed by atoms with Gasteiger partial charge in [0.15, 0.2) is 0 Å². The molecule has 1 aromatic carbocycles. The van der Waals surface area contributed by atoms with Crippen molar-refractivity contribution in [3.05, 3.63) is 40.7 Å². The minimum atomic E-state index is -1.28. The summed E-state index contributed by atoms with van der Waals surface area (Å²) < 4.78 is 7.34. The van der Waals surface area contributed by atoms with E-state index in [1.165, 1.54) is 36.4 Å². The van der Waals surface area contributed by atoms with Gasteiger partial charge in [0.05, 0.1) is 31.0 Å². The van der Waals surface area contributed by atoms with E-state index < -0.39 is 47.9 Å². The van der Waals surface area contributed by atoms with Crippen molar-refractivity contribution in [1.82, 2.24) is 36.3 Å². The lowest BCUT2D eigenvalue weighted by Crippen LogP contribution is -2.58. The summed E-state index contributed by atoms with van der Waals surface area (Å²) >= 11 is 7.63. The Bertz CT molecular complexity index is 1190. The van der Waals surface area contributed by atoms with Crippen LogP contribution in [0.5, 0.6) is 5.75 Å². The molecule has 15 heteroatoms. The van der Waals surface area contributed by atoms with Crippen LogP contribution in [0, 0.1) is 0 Å². The highest BCUT2D eigenvalue weighted by Crippen LogP contribution is 2.23. The number of carbonyl (C=O) groups is 4. The molecule has 1 aliphatic rings. The van der Waals surface area contributed by atoms with Crippen molar-refractivity contribution in [2.45, 2.75) is 57.6 Å². The van der Waals surface area contributed by atoms with Gasteiger partial charge >= 0.3 is 0 Å². The van der Waals surface area contributed by atoms with E-state index in [1.807, 2.05) is 6.26 Å². The first kappa shape index (κ1) is 30.2. The molecule has 0 saturated heterocycles. The predicted molar refractivity (Wildman–Crippen MR) is 144 cm³/mol. The first-order valence-corrected chi connectivity index (χ1v) is 14.0. The number of halogens is 1. The van der Waals surface area contributed by atoms with Crippen molar-refractivity contribution in [3.8, 4) is 5.75 Å². The molecule has 3 rings (SSSR count). The zero-order chi connectivity index (χ0) is 28.5. The topological polar surface area (TPSA) is 177 Å². The number of aliphatic hydroxyl groups is 1. The Hall–Kier alpha value is -3.36. The predicted octanol–water partition coefficient (Wildman–Crippen LogP) is -0.138. The number of amides is 4. The molecule has 4 amide bonds. The van der Waals surface area contributed by atoms with Crippen molar-refractivity contribution in [2.75, 3.05) is 18.6 Å². The van der Waals surface area contributed by atoms with Gasteiger partial charge in [-0.05, 0) is 50.5 Å². The lowest BCUT2D eigenvalue weighted by Gasteiger charge is -2.25. The van der Waals surface area contributed by atoms with Crippen LogP contribution >= 0.6 is 23.4 Å². The first-order chi connectivity index (χ1) is 18.6.